The Morgan fingerprint density at radius 2 is 0.991 bits per heavy atom. The molecule has 0 aromatic carbocycles. The fraction of sp³-hybridized carbons (Fsp3) is 0.929. The second kappa shape index (κ2) is 31.1. The molecule has 7 aliphatic heterocycles. The van der Waals surface area contributed by atoms with Crippen LogP contribution in [0.25, 0.3) is 0 Å². The number of carbonyl (C=O) groups is 3. The van der Waals surface area contributed by atoms with Gasteiger partial charge in [-0.1, -0.05) is 53.2 Å². The van der Waals surface area contributed by atoms with E-state index in [2.05, 4.69) is 40.7 Å². The molecule has 7 heterocycles. The quantitative estimate of drug-likeness (QED) is 0.0263. The van der Waals surface area contributed by atoms with Crippen molar-refractivity contribution in [3.05, 3.63) is 11.6 Å². The predicted octanol–water partition coefficient (Wildman–Crippen LogP) is -5.96. The van der Waals surface area contributed by atoms with Crippen LogP contribution in [0.5, 0.6) is 0 Å². The van der Waals surface area contributed by atoms with E-state index in [-0.39, 0.29) is 17.8 Å². The summed E-state index contributed by atoms with van der Waals surface area (Å²) < 4.78 is 85.0. The summed E-state index contributed by atoms with van der Waals surface area (Å²) in [5, 5.41) is 207. The van der Waals surface area contributed by atoms with Gasteiger partial charge in [-0.3, -0.25) is 4.79 Å². The number of rotatable bonds is 18. The lowest BCUT2D eigenvalue weighted by Gasteiger charge is -2.71. The zero-order chi connectivity index (χ0) is 77.3. The Bertz CT molecular complexity index is 3100. The Balaban J connectivity index is 0.804. The first-order chi connectivity index (χ1) is 49.8. The number of hydrogen-bond acceptors (Lipinski definition) is 35. The van der Waals surface area contributed by atoms with Crippen molar-refractivity contribution in [3.8, 4) is 0 Å². The van der Waals surface area contributed by atoms with E-state index in [1.165, 1.54) is 13.8 Å². The number of carbonyl (C=O) groups excluding carboxylic acids is 2. The lowest BCUT2D eigenvalue weighted by molar-refractivity contribution is -0.394. The number of ether oxygens (including phenoxy) is 14. The number of esters is 1. The highest BCUT2D eigenvalue weighted by Gasteiger charge is 2.72. The molecular weight excluding hydrogens is 1420 g/mol. The van der Waals surface area contributed by atoms with Crippen molar-refractivity contribution in [2.45, 2.75) is 328 Å². The van der Waals surface area contributed by atoms with Crippen molar-refractivity contribution in [3.63, 3.8) is 0 Å². The molecule has 4 saturated carbocycles. The summed E-state index contributed by atoms with van der Waals surface area (Å²) >= 11 is 0. The summed E-state index contributed by atoms with van der Waals surface area (Å²) in [6, 6.07) is 0. The molecular formula is C70H110O36. The van der Waals surface area contributed by atoms with Gasteiger partial charge < -0.3 is 168 Å². The van der Waals surface area contributed by atoms with Crippen LogP contribution in [0, 0.1) is 50.2 Å². The molecule has 106 heavy (non-hydrogen) atoms. The van der Waals surface area contributed by atoms with E-state index >= 15 is 4.79 Å². The molecule has 19 N–H and O–H groups in total. The van der Waals surface area contributed by atoms with E-state index < -0.39 is 286 Å². The van der Waals surface area contributed by atoms with Crippen LogP contribution in [0.15, 0.2) is 11.6 Å². The van der Waals surface area contributed by atoms with Gasteiger partial charge in [0.25, 0.3) is 0 Å². The molecule has 0 bridgehead atoms. The van der Waals surface area contributed by atoms with Crippen LogP contribution in [0.3, 0.4) is 0 Å². The van der Waals surface area contributed by atoms with Gasteiger partial charge in [0.1, 0.15) is 141 Å². The molecule has 7 saturated heterocycles. The van der Waals surface area contributed by atoms with Crippen LogP contribution < -0.4 is 0 Å². The van der Waals surface area contributed by atoms with Gasteiger partial charge in [-0.25, -0.2) is 4.79 Å². The van der Waals surface area contributed by atoms with E-state index in [4.69, 9.17) is 66.3 Å². The standard InChI is InChI=1S/C70H110O36/c1-25-36(76)43(83)54(104-61-49(89)52(102-60-47(87)42(82)40(80)32(21-72)98-60)50(26(2)96-61)100-57-44(84)37(77)29(74)22-93-57)62(95-25)106-64(92)70-17-15-65(3,4)19-28(70)27-9-10-34-66(5)13-12-35(67(6,24-73)33(66)11-14-69(34,8)68(27,7)16-18-70)99-63-55(105-58-45(85)38(78)30(75)23-94-58)51(48(88)53(103-63)56(90)91)101-59-46(86)41(81)39(79)31(20-71)97-59/h9,24-26,28-55,57-63,71-72,74-89H,10-23H2,1-8H3,(H,90,91)/t25-,26+,28+,29-,30+,31-,32-,33-,34-,35+,36+,37+,38+,39+,40-,41+,42+,43+,44-,45-,46-,47-,48+,49-,50+,51+,52+,53+,54-,55-,57+,58+,59+,60+,61+,62+,63-,66+,67+,68-,69-,70+/m1/s1. The first-order valence-corrected chi connectivity index (χ1v) is 36.9. The van der Waals surface area contributed by atoms with Crippen LogP contribution >= 0.6 is 0 Å². The van der Waals surface area contributed by atoms with E-state index in [1.54, 1.807) is 6.92 Å². The number of fused-ring (bicyclic) bond motifs is 7. The highest BCUT2D eigenvalue weighted by molar-refractivity contribution is 5.79. The molecule has 36 heteroatoms. The van der Waals surface area contributed by atoms with Gasteiger partial charge in [0.15, 0.2) is 49.9 Å². The Kier molecular flexibility index (Phi) is 24.3. The topological polar surface area (TPSA) is 565 Å². The zero-order valence-electron chi connectivity index (χ0n) is 60.4. The average Bonchev–Trinajstić information content (AvgIpc) is 0.674. The van der Waals surface area contributed by atoms with Crippen molar-refractivity contribution in [1.82, 2.24) is 0 Å². The lowest BCUT2D eigenvalue weighted by atomic mass is 9.33. The largest absolute Gasteiger partial charge is 0.479 e. The van der Waals surface area contributed by atoms with Gasteiger partial charge in [-0.2, -0.15) is 0 Å². The third kappa shape index (κ3) is 14.2. The first kappa shape index (κ1) is 82.6. The van der Waals surface area contributed by atoms with Gasteiger partial charge in [0, 0.05) is 0 Å². The van der Waals surface area contributed by atoms with Gasteiger partial charge in [0.2, 0.25) is 6.29 Å². The molecule has 12 rings (SSSR count). The monoisotopic (exact) mass is 1530 g/mol. The van der Waals surface area contributed by atoms with E-state index in [9.17, 15) is 107 Å². The fourth-order valence-electron chi connectivity index (χ4n) is 20.1. The van der Waals surface area contributed by atoms with Crippen LogP contribution in [-0.4, -0.2) is 351 Å². The predicted molar refractivity (Wildman–Crippen MR) is 347 cm³/mol. The number of aliphatic carboxylic acids is 1. The van der Waals surface area contributed by atoms with Crippen molar-refractivity contribution in [2.75, 3.05) is 26.4 Å². The summed E-state index contributed by atoms with van der Waals surface area (Å²) in [6.45, 7) is 12.7. The number of aliphatic hydroxyl groups is 18. The van der Waals surface area contributed by atoms with Crippen molar-refractivity contribution < 1.29 is 178 Å². The number of carboxylic acid groups (broad SMARTS) is 1. The normalized spacial score (nSPS) is 54.7. The maximum Gasteiger partial charge on any atom is 0.335 e. The molecule has 5 aliphatic carbocycles. The van der Waals surface area contributed by atoms with Crippen LogP contribution in [0.2, 0.25) is 0 Å². The van der Waals surface area contributed by atoms with Crippen molar-refractivity contribution in [2.24, 2.45) is 50.2 Å². The molecule has 0 unspecified atom stereocenters. The van der Waals surface area contributed by atoms with Crippen LogP contribution in [-0.2, 0) is 80.7 Å². The highest BCUT2D eigenvalue weighted by atomic mass is 16.8. The SMILES string of the molecule is C[C@@H]1O[C@@H](O[C@H]2[C@H](OC(=O)[C@]34CCC(C)(C)C[C@H]3C3=CC[C@@H]5[C@@]6(C)CC[C@H](O[C@@H]7O[C@H](C(=O)O)[C@@H](O)[C@H](O[C@@H]8O[C@H](CO)[C@H](O)[C@H](O)[C@H]8O)[C@H]7O[C@@H]7OC[C@H](O)[C@H](O)[C@H]7O)[C@@](C)(C=O)[C@@H]6CC[C@@]5(C)[C@]3(C)CC4)O[C@H](C)[C@H](O)[C@@H]2O)[C@H](O)[C@H](O[C@@H]2O[C@H](CO)[C@@H](O)[C@H](O)[C@H]2O)[C@H]1O[C@@H]1OC[C@@H](O)[C@H](O)[C@H]1O. The maximum atomic E-state index is 15.8. The number of hydrogen-bond donors (Lipinski definition) is 19. The Morgan fingerprint density at radius 1 is 0.481 bits per heavy atom. The third-order valence-corrected chi connectivity index (χ3v) is 26.8. The molecule has 606 valence electrons. The number of carboxylic acids is 1. The second-order valence-corrected chi connectivity index (χ2v) is 33.5. The Hall–Kier alpha value is -2.89. The molecule has 42 atom stereocenters. The van der Waals surface area contributed by atoms with E-state index in [0.29, 0.717) is 57.8 Å². The minimum atomic E-state index is -2.23. The molecule has 0 aromatic heterocycles. The van der Waals surface area contributed by atoms with Gasteiger partial charge in [0.05, 0.1) is 55.6 Å². The van der Waals surface area contributed by atoms with Crippen molar-refractivity contribution in [1.29, 1.82) is 0 Å². The maximum absolute atomic E-state index is 15.8. The number of aldehydes is 1. The second-order valence-electron chi connectivity index (χ2n) is 33.5. The first-order valence-electron chi connectivity index (χ1n) is 36.9. The Labute approximate surface area is 610 Å². The van der Waals surface area contributed by atoms with Gasteiger partial charge >= 0.3 is 11.9 Å². The number of aliphatic hydroxyl groups excluding tert-OH is 18. The lowest BCUT2D eigenvalue weighted by Crippen LogP contribution is -2.68. The molecule has 36 nitrogen and oxygen atoms in total. The molecule has 0 spiro atoms. The van der Waals surface area contributed by atoms with Gasteiger partial charge in [-0.05, 0) is 117 Å². The third-order valence-electron chi connectivity index (χ3n) is 26.8. The molecule has 12 aliphatic rings. The summed E-state index contributed by atoms with van der Waals surface area (Å²) in [7, 11) is 0. The summed E-state index contributed by atoms with van der Waals surface area (Å²) in [5.74, 6) is -3.43. The highest BCUT2D eigenvalue weighted by Crippen LogP contribution is 2.76. The van der Waals surface area contributed by atoms with Gasteiger partial charge in [-0.15, -0.1) is 0 Å². The summed E-state index contributed by atoms with van der Waals surface area (Å²) in [6.07, 6.45) is -53.9. The average molecular weight is 1530 g/mol. The van der Waals surface area contributed by atoms with Crippen molar-refractivity contribution >= 4 is 18.2 Å². The van der Waals surface area contributed by atoms with Crippen LogP contribution in [0.4, 0.5) is 0 Å². The molecule has 0 aromatic rings. The van der Waals surface area contributed by atoms with E-state index in [1.807, 2.05) is 0 Å². The Morgan fingerprint density at radius 3 is 1.55 bits per heavy atom. The minimum Gasteiger partial charge on any atom is -0.479 e. The fourth-order valence-corrected chi connectivity index (χ4v) is 20.1. The molecule has 0 amide bonds. The molecule has 0 radical (unpaired) electrons. The smallest absolute Gasteiger partial charge is 0.335 e. The zero-order valence-corrected chi connectivity index (χ0v) is 60.4. The number of allylic oxidation sites excluding steroid dienone is 2. The minimum absolute atomic E-state index is 0.124. The summed E-state index contributed by atoms with van der Waals surface area (Å²) in [4.78, 5) is 43.1. The summed E-state index contributed by atoms with van der Waals surface area (Å²) in [5.41, 5.74) is -3.61. The van der Waals surface area contributed by atoms with E-state index in [0.717, 1.165) is 11.9 Å². The molecule has 11 fully saturated rings. The van der Waals surface area contributed by atoms with Crippen LogP contribution in [0.1, 0.15) is 120 Å².